The third kappa shape index (κ3) is 4.71. The summed E-state index contributed by atoms with van der Waals surface area (Å²) in [5.74, 6) is 1.40. The first-order valence-corrected chi connectivity index (χ1v) is 7.26. The molecule has 4 nitrogen and oxygen atoms in total. The molecular weight excluding hydrogens is 262 g/mol. The fourth-order valence-corrected chi connectivity index (χ4v) is 2.08. The molecule has 0 aromatic carbocycles. The topological polar surface area (TPSA) is 54.0 Å². The highest BCUT2D eigenvalue weighted by molar-refractivity contribution is 6.29. The van der Waals surface area contributed by atoms with Gasteiger partial charge >= 0.3 is 0 Å². The van der Waals surface area contributed by atoms with Gasteiger partial charge in [-0.05, 0) is 30.9 Å². The van der Waals surface area contributed by atoms with E-state index in [0.717, 1.165) is 31.8 Å². The lowest BCUT2D eigenvalue weighted by atomic mass is 10.2. The highest BCUT2D eigenvalue weighted by Crippen LogP contribution is 2.31. The van der Waals surface area contributed by atoms with Crippen molar-refractivity contribution in [1.29, 1.82) is 0 Å². The van der Waals surface area contributed by atoms with Crippen molar-refractivity contribution in [3.63, 3.8) is 0 Å². The normalized spacial score (nSPS) is 14.2. The molecule has 0 radical (unpaired) electrons. The smallest absolute Gasteiger partial charge is 0.251 e. The predicted molar refractivity (Wildman–Crippen MR) is 77.7 cm³/mol. The van der Waals surface area contributed by atoms with Crippen LogP contribution in [0.15, 0.2) is 12.1 Å². The van der Waals surface area contributed by atoms with Crippen LogP contribution in [0.25, 0.3) is 0 Å². The molecule has 2 N–H and O–H groups in total. The minimum atomic E-state index is -0.0792. The Balaban J connectivity index is 1.92. The largest absolute Gasteiger partial charge is 0.370 e. The fraction of sp³-hybridized carbons (Fsp3) is 0.571. The van der Waals surface area contributed by atoms with Crippen molar-refractivity contribution < 1.29 is 4.79 Å². The Morgan fingerprint density at radius 3 is 2.89 bits per heavy atom. The van der Waals surface area contributed by atoms with Gasteiger partial charge in [-0.25, -0.2) is 4.98 Å². The molecule has 1 heterocycles. The summed E-state index contributed by atoms with van der Waals surface area (Å²) < 4.78 is 0. The van der Waals surface area contributed by atoms with E-state index in [-0.39, 0.29) is 5.91 Å². The molecule has 19 heavy (non-hydrogen) atoms. The second kappa shape index (κ2) is 6.75. The van der Waals surface area contributed by atoms with Gasteiger partial charge in [-0.1, -0.05) is 31.4 Å². The Bertz CT molecular complexity index is 446. The van der Waals surface area contributed by atoms with Gasteiger partial charge in [-0.2, -0.15) is 0 Å². The van der Waals surface area contributed by atoms with Crippen molar-refractivity contribution in [3.05, 3.63) is 22.8 Å². The Hall–Kier alpha value is -1.29. The number of carbonyl (C=O) groups is 1. The number of hydrogen-bond acceptors (Lipinski definition) is 3. The van der Waals surface area contributed by atoms with E-state index in [4.69, 9.17) is 11.6 Å². The van der Waals surface area contributed by atoms with Gasteiger partial charge in [0.15, 0.2) is 0 Å². The zero-order valence-electron chi connectivity index (χ0n) is 11.2. The number of amides is 1. The standard InChI is InChI=1S/C14H20ClN3O/c1-2-6-16-13-9-11(8-12(15)18-13)14(19)17-7-5-10-3-4-10/h8-10H,2-7H2,1H3,(H,16,18)(H,17,19). The summed E-state index contributed by atoms with van der Waals surface area (Å²) in [5, 5.41) is 6.41. The number of aromatic nitrogens is 1. The summed E-state index contributed by atoms with van der Waals surface area (Å²) >= 11 is 5.94. The van der Waals surface area contributed by atoms with E-state index >= 15 is 0 Å². The highest BCUT2D eigenvalue weighted by Gasteiger charge is 2.20. The zero-order valence-corrected chi connectivity index (χ0v) is 12.0. The van der Waals surface area contributed by atoms with Crippen molar-refractivity contribution in [2.45, 2.75) is 32.6 Å². The van der Waals surface area contributed by atoms with E-state index in [2.05, 4.69) is 22.5 Å². The molecule has 1 amide bonds. The molecule has 1 saturated carbocycles. The van der Waals surface area contributed by atoms with E-state index < -0.39 is 0 Å². The lowest BCUT2D eigenvalue weighted by molar-refractivity contribution is 0.0952. The number of halogens is 1. The molecule has 0 unspecified atom stereocenters. The lowest BCUT2D eigenvalue weighted by Gasteiger charge is -2.08. The third-order valence-corrected chi connectivity index (χ3v) is 3.34. The second-order valence-corrected chi connectivity index (χ2v) is 5.37. The fourth-order valence-electron chi connectivity index (χ4n) is 1.87. The molecule has 0 saturated heterocycles. The first kappa shape index (κ1) is 14.1. The van der Waals surface area contributed by atoms with Crippen LogP contribution in [0.3, 0.4) is 0 Å². The molecule has 1 aliphatic carbocycles. The van der Waals surface area contributed by atoms with Crippen molar-refractivity contribution >= 4 is 23.3 Å². The van der Waals surface area contributed by atoms with E-state index in [1.807, 2.05) is 0 Å². The maximum absolute atomic E-state index is 12.0. The Kier molecular flexibility index (Phi) is 5.02. The maximum atomic E-state index is 12.0. The maximum Gasteiger partial charge on any atom is 0.251 e. The molecule has 0 atom stereocenters. The minimum Gasteiger partial charge on any atom is -0.370 e. The summed E-state index contributed by atoms with van der Waals surface area (Å²) in [6, 6.07) is 3.35. The van der Waals surface area contributed by atoms with Crippen LogP contribution < -0.4 is 10.6 Å². The molecular formula is C14H20ClN3O. The Morgan fingerprint density at radius 2 is 2.21 bits per heavy atom. The molecule has 1 aromatic rings. The molecule has 2 rings (SSSR count). The van der Waals surface area contributed by atoms with Crippen LogP contribution in [0.5, 0.6) is 0 Å². The summed E-state index contributed by atoms with van der Waals surface area (Å²) in [6.45, 7) is 3.63. The zero-order chi connectivity index (χ0) is 13.7. The number of rotatable bonds is 7. The van der Waals surface area contributed by atoms with E-state index in [9.17, 15) is 4.79 Å². The SMILES string of the molecule is CCCNc1cc(C(=O)NCCC2CC2)cc(Cl)n1. The van der Waals surface area contributed by atoms with Gasteiger partial charge < -0.3 is 10.6 Å². The first-order valence-electron chi connectivity index (χ1n) is 6.88. The molecule has 0 spiro atoms. The summed E-state index contributed by atoms with van der Waals surface area (Å²) in [6.07, 6.45) is 4.69. The molecule has 0 aliphatic heterocycles. The van der Waals surface area contributed by atoms with Crippen LogP contribution in [0.1, 0.15) is 43.0 Å². The van der Waals surface area contributed by atoms with Crippen LogP contribution in [0.2, 0.25) is 5.15 Å². The number of nitrogens with zero attached hydrogens (tertiary/aromatic N) is 1. The van der Waals surface area contributed by atoms with Crippen molar-refractivity contribution in [2.75, 3.05) is 18.4 Å². The average Bonchev–Trinajstić information content (AvgIpc) is 3.19. The van der Waals surface area contributed by atoms with E-state index in [1.165, 1.54) is 12.8 Å². The second-order valence-electron chi connectivity index (χ2n) is 4.98. The monoisotopic (exact) mass is 281 g/mol. The Morgan fingerprint density at radius 1 is 1.42 bits per heavy atom. The average molecular weight is 282 g/mol. The molecule has 0 bridgehead atoms. The minimum absolute atomic E-state index is 0.0792. The van der Waals surface area contributed by atoms with Crippen molar-refractivity contribution in [2.24, 2.45) is 5.92 Å². The van der Waals surface area contributed by atoms with Gasteiger partial charge in [-0.15, -0.1) is 0 Å². The molecule has 5 heteroatoms. The number of pyridine rings is 1. The number of carbonyl (C=O) groups excluding carboxylic acids is 1. The highest BCUT2D eigenvalue weighted by atomic mass is 35.5. The van der Waals surface area contributed by atoms with Gasteiger partial charge in [0.25, 0.3) is 5.91 Å². The van der Waals surface area contributed by atoms with Crippen molar-refractivity contribution in [1.82, 2.24) is 10.3 Å². The van der Waals surface area contributed by atoms with Crippen molar-refractivity contribution in [3.8, 4) is 0 Å². The molecule has 1 aromatic heterocycles. The van der Waals surface area contributed by atoms with Gasteiger partial charge in [-0.3, -0.25) is 4.79 Å². The van der Waals surface area contributed by atoms with Gasteiger partial charge in [0.1, 0.15) is 11.0 Å². The summed E-state index contributed by atoms with van der Waals surface area (Å²) in [5.41, 5.74) is 0.564. The molecule has 104 valence electrons. The van der Waals surface area contributed by atoms with E-state index in [0.29, 0.717) is 16.5 Å². The van der Waals surface area contributed by atoms with Crippen LogP contribution in [0.4, 0.5) is 5.82 Å². The number of hydrogen-bond donors (Lipinski definition) is 2. The summed E-state index contributed by atoms with van der Waals surface area (Å²) in [4.78, 5) is 16.1. The van der Waals surface area contributed by atoms with Crippen LogP contribution in [-0.4, -0.2) is 24.0 Å². The lowest BCUT2D eigenvalue weighted by Crippen LogP contribution is -2.25. The van der Waals surface area contributed by atoms with Gasteiger partial charge in [0, 0.05) is 18.7 Å². The van der Waals surface area contributed by atoms with E-state index in [1.54, 1.807) is 12.1 Å². The molecule has 1 aliphatic rings. The summed E-state index contributed by atoms with van der Waals surface area (Å²) in [7, 11) is 0. The van der Waals surface area contributed by atoms with Crippen LogP contribution >= 0.6 is 11.6 Å². The van der Waals surface area contributed by atoms with Gasteiger partial charge in [0.2, 0.25) is 0 Å². The number of anilines is 1. The quantitative estimate of drug-likeness (QED) is 0.755. The van der Waals surface area contributed by atoms with Crippen LogP contribution in [-0.2, 0) is 0 Å². The number of nitrogens with one attached hydrogen (secondary N) is 2. The molecule has 1 fully saturated rings. The Labute approximate surface area is 118 Å². The first-order chi connectivity index (χ1) is 9.19. The predicted octanol–water partition coefficient (Wildman–Crippen LogP) is 3.09. The third-order valence-electron chi connectivity index (χ3n) is 3.15. The van der Waals surface area contributed by atoms with Gasteiger partial charge in [0.05, 0.1) is 0 Å². The van der Waals surface area contributed by atoms with Crippen LogP contribution in [0, 0.1) is 5.92 Å².